The average Bonchev–Trinajstić information content (AvgIpc) is 2.13. The molecular weight excluding hydrogens is 212 g/mol. The van der Waals surface area contributed by atoms with Gasteiger partial charge in [0, 0.05) is 6.61 Å². The van der Waals surface area contributed by atoms with E-state index in [1.165, 1.54) is 0 Å². The van der Waals surface area contributed by atoms with Crippen LogP contribution in [-0.2, 0) is 14.4 Å². The molecule has 0 unspecified atom stereocenters. The van der Waals surface area contributed by atoms with Crippen LogP contribution >= 0.6 is 0 Å². The lowest BCUT2D eigenvalue weighted by atomic mass is 10.4. The maximum atomic E-state index is 9.98. The van der Waals surface area contributed by atoms with E-state index in [0.29, 0.717) is 6.42 Å². The quantitative estimate of drug-likeness (QED) is 0.307. The van der Waals surface area contributed by atoms with Crippen molar-refractivity contribution in [1.82, 2.24) is 0 Å². The molecule has 0 bridgehead atoms. The highest BCUT2D eigenvalue weighted by molar-refractivity contribution is 4.51. The molecule has 0 aromatic heterocycles. The fourth-order valence-electron chi connectivity index (χ4n) is 0.692. The molecule has 0 aromatic carbocycles. The highest BCUT2D eigenvalue weighted by Crippen LogP contribution is 1.96. The summed E-state index contributed by atoms with van der Waals surface area (Å²) in [6.45, 7) is 3.05. The first-order valence-electron chi connectivity index (χ1n) is 4.01. The molecule has 0 saturated carbocycles. The fraction of sp³-hybridized carbons (Fsp3) is 0.833. The summed E-state index contributed by atoms with van der Waals surface area (Å²) in [7, 11) is 0. The highest BCUT2D eigenvalue weighted by Gasteiger charge is 2.15. The lowest BCUT2D eigenvalue weighted by Crippen LogP contribution is -2.29. The summed E-state index contributed by atoms with van der Waals surface area (Å²) >= 11 is 0. The molecule has 0 aliphatic rings. The Hall–Kier alpha value is -1.64. The van der Waals surface area contributed by atoms with Gasteiger partial charge >= 0.3 is 0 Å². The largest absolute Gasteiger partial charge is 0.379 e. The summed E-state index contributed by atoms with van der Waals surface area (Å²) in [5.41, 5.74) is 0. The lowest BCUT2D eigenvalue weighted by molar-refractivity contribution is -0.790. The van der Waals surface area contributed by atoms with E-state index in [0.717, 1.165) is 0 Å². The van der Waals surface area contributed by atoms with E-state index in [1.807, 2.05) is 0 Å². The van der Waals surface area contributed by atoms with Gasteiger partial charge in [0.15, 0.2) is 6.10 Å². The zero-order chi connectivity index (χ0) is 11.7. The van der Waals surface area contributed by atoms with Crippen LogP contribution in [0.3, 0.4) is 0 Å². The van der Waals surface area contributed by atoms with Gasteiger partial charge in [-0.15, -0.1) is 20.2 Å². The normalized spacial score (nSPS) is 11.8. The maximum absolute atomic E-state index is 9.98. The maximum Gasteiger partial charge on any atom is 0.294 e. The third-order valence-corrected chi connectivity index (χ3v) is 1.19. The first kappa shape index (κ1) is 13.4. The molecule has 0 aliphatic heterocycles. The standard InChI is InChI=1S/C6H11N2O7/c1-2-3-13-4-6(15-8(11)12)5-14-7(9)10/h6H,1-5H2/t6-/m1/s1. The smallest absolute Gasteiger partial charge is 0.294 e. The van der Waals surface area contributed by atoms with Gasteiger partial charge in [-0.25, -0.2) is 0 Å². The van der Waals surface area contributed by atoms with Crippen molar-refractivity contribution < 1.29 is 24.6 Å². The molecule has 0 spiro atoms. The number of rotatable bonds is 9. The van der Waals surface area contributed by atoms with E-state index in [-0.39, 0.29) is 13.2 Å². The summed E-state index contributed by atoms with van der Waals surface area (Å²) in [6.07, 6.45) is -0.627. The second-order valence-corrected chi connectivity index (χ2v) is 2.40. The minimum Gasteiger partial charge on any atom is -0.379 e. The molecule has 15 heavy (non-hydrogen) atoms. The summed E-state index contributed by atoms with van der Waals surface area (Å²) < 4.78 is 4.88. The van der Waals surface area contributed by atoms with Crippen LogP contribution in [0.5, 0.6) is 0 Å². The molecular formula is C6H11N2O7. The third-order valence-electron chi connectivity index (χ3n) is 1.19. The van der Waals surface area contributed by atoms with Crippen LogP contribution in [0.2, 0.25) is 0 Å². The van der Waals surface area contributed by atoms with E-state index in [9.17, 15) is 20.2 Å². The van der Waals surface area contributed by atoms with Crippen LogP contribution in [0.25, 0.3) is 0 Å². The van der Waals surface area contributed by atoms with Gasteiger partial charge in [0.05, 0.1) is 6.61 Å². The van der Waals surface area contributed by atoms with Crippen molar-refractivity contribution in [2.75, 3.05) is 19.8 Å². The molecule has 87 valence electrons. The van der Waals surface area contributed by atoms with Crippen LogP contribution in [0.4, 0.5) is 0 Å². The summed E-state index contributed by atoms with van der Waals surface area (Å²) in [5.74, 6) is 0. The number of ether oxygens (including phenoxy) is 1. The van der Waals surface area contributed by atoms with Gasteiger partial charge in [0.2, 0.25) is 0 Å². The lowest BCUT2D eigenvalue weighted by Gasteiger charge is -2.13. The molecule has 0 heterocycles. The Morgan fingerprint density at radius 1 is 1.20 bits per heavy atom. The Kier molecular flexibility index (Phi) is 6.89. The SMILES string of the molecule is [CH2]CCOC[C@H](CO[N+](=O)[O-])O[N+](=O)[O-]. The van der Waals surface area contributed by atoms with E-state index in [1.54, 1.807) is 0 Å². The van der Waals surface area contributed by atoms with Crippen molar-refractivity contribution in [1.29, 1.82) is 0 Å². The number of hydrogen-bond acceptors (Lipinski definition) is 7. The molecule has 0 saturated heterocycles. The van der Waals surface area contributed by atoms with Crippen LogP contribution < -0.4 is 0 Å². The van der Waals surface area contributed by atoms with Gasteiger partial charge in [-0.1, -0.05) is 6.92 Å². The van der Waals surface area contributed by atoms with Gasteiger partial charge in [-0.3, -0.25) is 0 Å². The van der Waals surface area contributed by atoms with E-state index in [4.69, 9.17) is 4.74 Å². The van der Waals surface area contributed by atoms with Crippen LogP contribution in [0.1, 0.15) is 6.42 Å². The monoisotopic (exact) mass is 223 g/mol. The Labute approximate surface area is 85.1 Å². The molecule has 9 heteroatoms. The molecule has 0 amide bonds. The Morgan fingerprint density at radius 2 is 1.87 bits per heavy atom. The van der Waals surface area contributed by atoms with Crippen molar-refractivity contribution in [3.63, 3.8) is 0 Å². The topological polar surface area (TPSA) is 114 Å². The van der Waals surface area contributed by atoms with Gasteiger partial charge in [-0.05, 0) is 6.42 Å². The number of hydrogen-bond donors (Lipinski definition) is 0. The first-order chi connectivity index (χ1) is 7.06. The second kappa shape index (κ2) is 7.74. The minimum absolute atomic E-state index is 0.162. The molecule has 9 nitrogen and oxygen atoms in total. The molecule has 0 rings (SSSR count). The molecule has 0 fully saturated rings. The van der Waals surface area contributed by atoms with Crippen molar-refractivity contribution in [2.45, 2.75) is 12.5 Å². The van der Waals surface area contributed by atoms with Gasteiger partial charge in [0.1, 0.15) is 6.61 Å². The fourth-order valence-corrected chi connectivity index (χ4v) is 0.692. The molecule has 1 radical (unpaired) electrons. The zero-order valence-electron chi connectivity index (χ0n) is 7.87. The van der Waals surface area contributed by atoms with Gasteiger partial charge < -0.3 is 14.4 Å². The molecule has 1 atom stereocenters. The number of nitrogens with zero attached hydrogens (tertiary/aromatic N) is 2. The van der Waals surface area contributed by atoms with Crippen molar-refractivity contribution in [2.24, 2.45) is 0 Å². The predicted molar refractivity (Wildman–Crippen MR) is 45.6 cm³/mol. The van der Waals surface area contributed by atoms with Crippen LogP contribution in [0, 0.1) is 27.2 Å². The summed E-state index contributed by atoms with van der Waals surface area (Å²) in [5, 5.41) is 17.7. The Bertz CT molecular complexity index is 210. The molecule has 0 aliphatic carbocycles. The molecule has 0 N–H and O–H groups in total. The Morgan fingerprint density at radius 3 is 2.33 bits per heavy atom. The second-order valence-electron chi connectivity index (χ2n) is 2.40. The highest BCUT2D eigenvalue weighted by atomic mass is 17.0. The first-order valence-corrected chi connectivity index (χ1v) is 4.01. The van der Waals surface area contributed by atoms with E-state index < -0.39 is 22.9 Å². The van der Waals surface area contributed by atoms with E-state index in [2.05, 4.69) is 16.6 Å². The minimum atomic E-state index is -1.11. The third kappa shape index (κ3) is 8.68. The van der Waals surface area contributed by atoms with Crippen LogP contribution in [-0.4, -0.2) is 36.1 Å². The predicted octanol–water partition coefficient (Wildman–Crippen LogP) is 0.0124. The Balaban J connectivity index is 3.83. The summed E-state index contributed by atoms with van der Waals surface area (Å²) in [6, 6.07) is 0. The van der Waals surface area contributed by atoms with Gasteiger partial charge in [0.25, 0.3) is 10.2 Å². The zero-order valence-corrected chi connectivity index (χ0v) is 7.87. The molecule has 0 aromatic rings. The van der Waals surface area contributed by atoms with Crippen molar-refractivity contribution >= 4 is 0 Å². The van der Waals surface area contributed by atoms with Crippen molar-refractivity contribution in [3.8, 4) is 0 Å². The van der Waals surface area contributed by atoms with Crippen molar-refractivity contribution in [3.05, 3.63) is 27.2 Å². The summed E-state index contributed by atoms with van der Waals surface area (Å²) in [4.78, 5) is 27.8. The van der Waals surface area contributed by atoms with E-state index >= 15 is 0 Å². The van der Waals surface area contributed by atoms with Crippen LogP contribution in [0.15, 0.2) is 0 Å². The average molecular weight is 223 g/mol. The van der Waals surface area contributed by atoms with Gasteiger partial charge in [-0.2, -0.15) is 0 Å².